The van der Waals surface area contributed by atoms with Crippen LogP contribution in [0.3, 0.4) is 0 Å². The van der Waals surface area contributed by atoms with Crippen molar-refractivity contribution < 1.29 is 0 Å². The van der Waals surface area contributed by atoms with Crippen LogP contribution in [0.15, 0.2) is 27.1 Å². The number of halogens is 2. The van der Waals surface area contributed by atoms with Gasteiger partial charge in [0.15, 0.2) is 0 Å². The Labute approximate surface area is 122 Å². The summed E-state index contributed by atoms with van der Waals surface area (Å²) >= 11 is 7.10. The van der Waals surface area contributed by atoms with Crippen molar-refractivity contribution in [3.63, 3.8) is 0 Å². The highest BCUT2D eigenvalue weighted by Crippen LogP contribution is 2.28. The molecule has 0 aromatic heterocycles. The van der Waals surface area contributed by atoms with Crippen LogP contribution in [0.4, 0.5) is 5.69 Å². The molecule has 0 aliphatic heterocycles. The summed E-state index contributed by atoms with van der Waals surface area (Å²) in [5.74, 6) is 0.776. The van der Waals surface area contributed by atoms with Crippen molar-refractivity contribution in [1.82, 2.24) is 0 Å². The Morgan fingerprint density at radius 3 is 2.47 bits per heavy atom. The van der Waals surface area contributed by atoms with E-state index in [1.807, 2.05) is 6.07 Å². The quantitative estimate of drug-likeness (QED) is 0.670. The fourth-order valence-corrected chi connectivity index (χ4v) is 2.53. The van der Waals surface area contributed by atoms with Crippen LogP contribution in [0, 0.1) is 5.92 Å². The maximum atomic E-state index is 3.63. The molecule has 0 bridgehead atoms. The maximum Gasteiger partial charge on any atom is 0.0498 e. The molecule has 0 aliphatic rings. The molecule has 0 fully saturated rings. The van der Waals surface area contributed by atoms with Crippen molar-refractivity contribution in [2.75, 3.05) is 5.32 Å². The predicted molar refractivity (Wildman–Crippen MR) is 83.6 cm³/mol. The first-order valence-electron chi connectivity index (χ1n) is 6.28. The van der Waals surface area contributed by atoms with E-state index in [9.17, 15) is 0 Å². The Bertz CT molecular complexity index is 352. The van der Waals surface area contributed by atoms with Gasteiger partial charge >= 0.3 is 0 Å². The topological polar surface area (TPSA) is 12.0 Å². The van der Waals surface area contributed by atoms with E-state index in [0.29, 0.717) is 6.04 Å². The predicted octanol–water partition coefficient (Wildman–Crippen LogP) is 5.84. The lowest BCUT2D eigenvalue weighted by Gasteiger charge is -2.22. The van der Waals surface area contributed by atoms with Gasteiger partial charge in [-0.25, -0.2) is 0 Å². The van der Waals surface area contributed by atoms with E-state index in [1.165, 1.54) is 18.5 Å². The van der Waals surface area contributed by atoms with Crippen molar-refractivity contribution in [3.8, 4) is 0 Å². The van der Waals surface area contributed by atoms with Crippen LogP contribution in [0.25, 0.3) is 0 Å². The third kappa shape index (κ3) is 5.01. The summed E-state index contributed by atoms with van der Waals surface area (Å²) in [6, 6.07) is 6.80. The van der Waals surface area contributed by atoms with Gasteiger partial charge in [-0.15, -0.1) is 0 Å². The van der Waals surface area contributed by atoms with Crippen molar-refractivity contribution in [1.29, 1.82) is 0 Å². The molecule has 2 atom stereocenters. The van der Waals surface area contributed by atoms with E-state index in [0.717, 1.165) is 21.3 Å². The van der Waals surface area contributed by atoms with E-state index < -0.39 is 0 Å². The molecule has 1 aromatic rings. The third-order valence-electron chi connectivity index (χ3n) is 3.16. The number of hydrogen-bond donors (Lipinski definition) is 1. The van der Waals surface area contributed by atoms with Gasteiger partial charge < -0.3 is 5.32 Å². The van der Waals surface area contributed by atoms with E-state index in [4.69, 9.17) is 0 Å². The van der Waals surface area contributed by atoms with Crippen LogP contribution in [0.2, 0.25) is 0 Å². The van der Waals surface area contributed by atoms with Gasteiger partial charge in [0.25, 0.3) is 0 Å². The van der Waals surface area contributed by atoms with Crippen LogP contribution in [0.1, 0.15) is 40.0 Å². The first-order valence-corrected chi connectivity index (χ1v) is 7.87. The lowest BCUT2D eigenvalue weighted by Crippen LogP contribution is -2.21. The van der Waals surface area contributed by atoms with Gasteiger partial charge in [0, 0.05) is 20.7 Å². The largest absolute Gasteiger partial charge is 0.381 e. The summed E-state index contributed by atoms with van der Waals surface area (Å²) in [6.07, 6.45) is 3.63. The van der Waals surface area contributed by atoms with Gasteiger partial charge in [0.2, 0.25) is 0 Å². The first kappa shape index (κ1) is 15.0. The Morgan fingerprint density at radius 1 is 1.18 bits per heavy atom. The van der Waals surface area contributed by atoms with Crippen LogP contribution in [0.5, 0.6) is 0 Å². The second-order valence-electron chi connectivity index (χ2n) is 4.62. The molecule has 96 valence electrons. The Hall–Kier alpha value is -0.0200. The van der Waals surface area contributed by atoms with Gasteiger partial charge in [-0.05, 0) is 52.9 Å². The minimum Gasteiger partial charge on any atom is -0.381 e. The molecular formula is C14H21Br2N. The minimum atomic E-state index is 0.551. The molecule has 0 saturated heterocycles. The molecule has 0 saturated carbocycles. The highest BCUT2D eigenvalue weighted by atomic mass is 79.9. The van der Waals surface area contributed by atoms with Crippen molar-refractivity contribution in [3.05, 3.63) is 27.1 Å². The number of nitrogens with one attached hydrogen (secondary N) is 1. The van der Waals surface area contributed by atoms with Gasteiger partial charge in [0.05, 0.1) is 0 Å². The Kier molecular flexibility index (Phi) is 6.57. The molecule has 1 aromatic carbocycles. The SMILES string of the molecule is CCC(C)CC(CC)Nc1cc(Br)ccc1Br. The smallest absolute Gasteiger partial charge is 0.0498 e. The van der Waals surface area contributed by atoms with Gasteiger partial charge in [-0.3, -0.25) is 0 Å². The molecule has 17 heavy (non-hydrogen) atoms. The third-order valence-corrected chi connectivity index (χ3v) is 4.35. The summed E-state index contributed by atoms with van der Waals surface area (Å²) in [5.41, 5.74) is 1.18. The Morgan fingerprint density at radius 2 is 1.88 bits per heavy atom. The molecule has 2 unspecified atom stereocenters. The highest BCUT2D eigenvalue weighted by Gasteiger charge is 2.11. The molecule has 0 heterocycles. The average Bonchev–Trinajstić information content (AvgIpc) is 2.32. The van der Waals surface area contributed by atoms with Gasteiger partial charge in [-0.2, -0.15) is 0 Å². The second-order valence-corrected chi connectivity index (χ2v) is 6.39. The Balaban J connectivity index is 2.69. The van der Waals surface area contributed by atoms with Crippen LogP contribution < -0.4 is 5.32 Å². The molecule has 0 radical (unpaired) electrons. The van der Waals surface area contributed by atoms with Crippen molar-refractivity contribution in [2.45, 2.75) is 46.1 Å². The normalized spacial score (nSPS) is 14.4. The first-order chi connectivity index (χ1) is 8.06. The number of hydrogen-bond acceptors (Lipinski definition) is 1. The zero-order valence-electron chi connectivity index (χ0n) is 10.8. The van der Waals surface area contributed by atoms with E-state index in [-0.39, 0.29) is 0 Å². The number of rotatable bonds is 6. The lowest BCUT2D eigenvalue weighted by molar-refractivity contribution is 0.461. The second kappa shape index (κ2) is 7.42. The molecule has 0 aliphatic carbocycles. The molecule has 1 N–H and O–H groups in total. The summed E-state index contributed by atoms with van der Waals surface area (Å²) in [4.78, 5) is 0. The summed E-state index contributed by atoms with van der Waals surface area (Å²) in [5, 5.41) is 3.63. The van der Waals surface area contributed by atoms with Gasteiger partial charge in [0.1, 0.15) is 0 Å². The molecular weight excluding hydrogens is 342 g/mol. The van der Waals surface area contributed by atoms with Gasteiger partial charge in [-0.1, -0.05) is 43.1 Å². The highest BCUT2D eigenvalue weighted by molar-refractivity contribution is 9.11. The average molecular weight is 363 g/mol. The van der Waals surface area contributed by atoms with E-state index >= 15 is 0 Å². The van der Waals surface area contributed by atoms with Crippen LogP contribution in [-0.4, -0.2) is 6.04 Å². The standard InChI is InChI=1S/C14H21Br2N/c1-4-10(3)8-12(5-2)17-14-9-11(15)6-7-13(14)16/h6-7,9-10,12,17H,4-5,8H2,1-3H3. The number of anilines is 1. The minimum absolute atomic E-state index is 0.551. The number of benzene rings is 1. The molecule has 1 rings (SSSR count). The molecule has 0 amide bonds. The summed E-state index contributed by atoms with van der Waals surface area (Å²) in [6.45, 7) is 6.82. The zero-order chi connectivity index (χ0) is 12.8. The molecule has 0 spiro atoms. The fraction of sp³-hybridized carbons (Fsp3) is 0.571. The monoisotopic (exact) mass is 361 g/mol. The molecule has 1 nitrogen and oxygen atoms in total. The zero-order valence-corrected chi connectivity index (χ0v) is 13.9. The van der Waals surface area contributed by atoms with E-state index in [2.05, 4.69) is 70.1 Å². The maximum absolute atomic E-state index is 3.63. The summed E-state index contributed by atoms with van der Waals surface area (Å²) < 4.78 is 2.24. The van der Waals surface area contributed by atoms with Crippen LogP contribution >= 0.6 is 31.9 Å². The van der Waals surface area contributed by atoms with Crippen molar-refractivity contribution >= 4 is 37.5 Å². The lowest BCUT2D eigenvalue weighted by atomic mass is 9.97. The van der Waals surface area contributed by atoms with Crippen LogP contribution in [-0.2, 0) is 0 Å². The fourth-order valence-electron chi connectivity index (χ4n) is 1.81. The van der Waals surface area contributed by atoms with Crippen molar-refractivity contribution in [2.24, 2.45) is 5.92 Å². The summed E-state index contributed by atoms with van der Waals surface area (Å²) in [7, 11) is 0. The molecule has 3 heteroatoms. The van der Waals surface area contributed by atoms with E-state index in [1.54, 1.807) is 0 Å².